The number of pyridine rings is 1. The van der Waals surface area contributed by atoms with Gasteiger partial charge in [-0.2, -0.15) is 0 Å². The van der Waals surface area contributed by atoms with Crippen molar-refractivity contribution in [2.45, 2.75) is 25.9 Å². The van der Waals surface area contributed by atoms with Crippen LogP contribution in [0.3, 0.4) is 0 Å². The summed E-state index contributed by atoms with van der Waals surface area (Å²) in [4.78, 5) is 4.09. The number of fused-ring (bicyclic) bond motifs is 1. The highest BCUT2D eigenvalue weighted by molar-refractivity contribution is 7.88. The summed E-state index contributed by atoms with van der Waals surface area (Å²) in [5, 5.41) is 5.55. The van der Waals surface area contributed by atoms with Crippen LogP contribution < -0.4 is 10.0 Å². The predicted octanol–water partition coefficient (Wildman–Crippen LogP) is 1.65. The van der Waals surface area contributed by atoms with E-state index in [1.807, 2.05) is 38.2 Å². The first-order valence-corrected chi connectivity index (χ1v) is 8.67. The Kier molecular flexibility index (Phi) is 4.61. The van der Waals surface area contributed by atoms with Crippen LogP contribution in [0.5, 0.6) is 0 Å². The monoisotopic (exact) mass is 307 g/mol. The van der Waals surface area contributed by atoms with Gasteiger partial charge in [0.15, 0.2) is 0 Å². The number of aromatic nitrogens is 1. The summed E-state index contributed by atoms with van der Waals surface area (Å²) in [6.07, 6.45) is 4.79. The van der Waals surface area contributed by atoms with Gasteiger partial charge in [0.2, 0.25) is 10.0 Å². The zero-order valence-electron chi connectivity index (χ0n) is 12.6. The minimum atomic E-state index is -3.20. The Morgan fingerprint density at radius 1 is 1.19 bits per heavy atom. The van der Waals surface area contributed by atoms with Crippen molar-refractivity contribution in [3.05, 3.63) is 42.2 Å². The van der Waals surface area contributed by atoms with Crippen molar-refractivity contribution in [1.29, 1.82) is 0 Å². The Hall–Kier alpha value is -1.50. The molecule has 0 bridgehead atoms. The molecule has 0 fully saturated rings. The van der Waals surface area contributed by atoms with Gasteiger partial charge in [-0.1, -0.05) is 12.1 Å². The van der Waals surface area contributed by atoms with Crippen LogP contribution >= 0.6 is 0 Å². The van der Waals surface area contributed by atoms with Gasteiger partial charge in [-0.3, -0.25) is 4.98 Å². The summed E-state index contributed by atoms with van der Waals surface area (Å²) >= 11 is 0. The molecule has 0 amide bonds. The van der Waals surface area contributed by atoms with Gasteiger partial charge < -0.3 is 5.32 Å². The van der Waals surface area contributed by atoms with Gasteiger partial charge in [0, 0.05) is 36.4 Å². The number of nitrogens with one attached hydrogen (secondary N) is 2. The van der Waals surface area contributed by atoms with E-state index in [-0.39, 0.29) is 0 Å². The van der Waals surface area contributed by atoms with Gasteiger partial charge in [-0.05, 0) is 36.9 Å². The largest absolute Gasteiger partial charge is 0.311 e. The van der Waals surface area contributed by atoms with E-state index >= 15 is 0 Å². The molecule has 2 aromatic rings. The molecule has 2 rings (SSSR count). The lowest BCUT2D eigenvalue weighted by atomic mass is 10.1. The molecule has 1 heterocycles. The molecule has 0 unspecified atom stereocenters. The number of sulfonamides is 1. The van der Waals surface area contributed by atoms with E-state index in [0.29, 0.717) is 13.1 Å². The summed E-state index contributed by atoms with van der Waals surface area (Å²) < 4.78 is 25.2. The van der Waals surface area contributed by atoms with Crippen LogP contribution in [0.1, 0.15) is 19.4 Å². The van der Waals surface area contributed by atoms with Crippen molar-refractivity contribution >= 4 is 20.8 Å². The minimum Gasteiger partial charge on any atom is -0.311 e. The maximum absolute atomic E-state index is 11.3. The third-order valence-corrected chi connectivity index (χ3v) is 3.99. The number of benzene rings is 1. The van der Waals surface area contributed by atoms with Crippen LogP contribution in [-0.2, 0) is 16.6 Å². The third-order valence-electron chi connectivity index (χ3n) is 3.06. The maximum Gasteiger partial charge on any atom is 0.209 e. The first-order chi connectivity index (χ1) is 9.75. The van der Waals surface area contributed by atoms with Crippen molar-refractivity contribution in [2.75, 3.05) is 12.8 Å². The zero-order valence-corrected chi connectivity index (χ0v) is 13.4. The SMILES string of the molecule is CC(C)(CNCc1ccc2cnccc2c1)NS(C)(=O)=O. The third kappa shape index (κ3) is 5.08. The van der Waals surface area contributed by atoms with Crippen LogP contribution in [0.25, 0.3) is 10.8 Å². The van der Waals surface area contributed by atoms with E-state index in [9.17, 15) is 8.42 Å². The van der Waals surface area contributed by atoms with Crippen LogP contribution in [-0.4, -0.2) is 31.7 Å². The quantitative estimate of drug-likeness (QED) is 0.851. The van der Waals surface area contributed by atoms with E-state index in [4.69, 9.17) is 0 Å². The molecule has 6 heteroatoms. The molecule has 114 valence electrons. The number of nitrogens with zero attached hydrogens (tertiary/aromatic N) is 1. The fraction of sp³-hybridized carbons (Fsp3) is 0.400. The van der Waals surface area contributed by atoms with Gasteiger partial charge in [-0.15, -0.1) is 0 Å². The Bertz CT molecular complexity index is 727. The molecular weight excluding hydrogens is 286 g/mol. The van der Waals surface area contributed by atoms with Crippen LogP contribution in [0.4, 0.5) is 0 Å². The molecule has 0 aliphatic rings. The summed E-state index contributed by atoms with van der Waals surface area (Å²) in [6.45, 7) is 4.95. The molecule has 0 spiro atoms. The molecule has 5 nitrogen and oxygen atoms in total. The summed E-state index contributed by atoms with van der Waals surface area (Å²) in [5.74, 6) is 0. The Morgan fingerprint density at radius 2 is 1.95 bits per heavy atom. The molecule has 0 atom stereocenters. The molecule has 1 aromatic heterocycles. The molecule has 0 aliphatic carbocycles. The first-order valence-electron chi connectivity index (χ1n) is 6.78. The van der Waals surface area contributed by atoms with Crippen LogP contribution in [0.2, 0.25) is 0 Å². The van der Waals surface area contributed by atoms with Crippen LogP contribution in [0.15, 0.2) is 36.7 Å². The lowest BCUT2D eigenvalue weighted by Gasteiger charge is -2.25. The van der Waals surface area contributed by atoms with E-state index in [2.05, 4.69) is 21.1 Å². The second kappa shape index (κ2) is 6.09. The Labute approximate surface area is 125 Å². The summed E-state index contributed by atoms with van der Waals surface area (Å²) in [5.41, 5.74) is 0.637. The fourth-order valence-corrected chi connectivity index (χ4v) is 3.38. The number of rotatable bonds is 6. The maximum atomic E-state index is 11.3. The number of hydrogen-bond acceptors (Lipinski definition) is 4. The van der Waals surface area contributed by atoms with Gasteiger partial charge >= 0.3 is 0 Å². The van der Waals surface area contributed by atoms with E-state index in [0.717, 1.165) is 16.3 Å². The second-order valence-electron chi connectivity index (χ2n) is 5.92. The smallest absolute Gasteiger partial charge is 0.209 e. The van der Waals surface area contributed by atoms with Gasteiger partial charge in [0.1, 0.15) is 0 Å². The molecule has 0 saturated carbocycles. The minimum absolute atomic E-state index is 0.519. The van der Waals surface area contributed by atoms with Crippen molar-refractivity contribution in [2.24, 2.45) is 0 Å². The Morgan fingerprint density at radius 3 is 2.67 bits per heavy atom. The molecule has 21 heavy (non-hydrogen) atoms. The summed E-state index contributed by atoms with van der Waals surface area (Å²) in [7, 11) is -3.20. The lowest BCUT2D eigenvalue weighted by molar-refractivity contribution is 0.421. The average molecular weight is 307 g/mol. The molecule has 0 radical (unpaired) electrons. The lowest BCUT2D eigenvalue weighted by Crippen LogP contribution is -2.49. The van der Waals surface area contributed by atoms with E-state index in [1.165, 1.54) is 6.26 Å². The highest BCUT2D eigenvalue weighted by atomic mass is 32.2. The second-order valence-corrected chi connectivity index (χ2v) is 7.67. The van der Waals surface area contributed by atoms with Crippen LogP contribution in [0, 0.1) is 0 Å². The highest BCUT2D eigenvalue weighted by Crippen LogP contribution is 2.14. The van der Waals surface area contributed by atoms with Crippen molar-refractivity contribution in [1.82, 2.24) is 15.0 Å². The van der Waals surface area contributed by atoms with Gasteiger partial charge in [-0.25, -0.2) is 13.1 Å². The summed E-state index contributed by atoms with van der Waals surface area (Å²) in [6, 6.07) is 8.18. The molecular formula is C15H21N3O2S. The number of hydrogen-bond donors (Lipinski definition) is 2. The first kappa shape index (κ1) is 15.9. The normalized spacial score (nSPS) is 12.7. The van der Waals surface area contributed by atoms with Crippen molar-refractivity contribution in [3.8, 4) is 0 Å². The zero-order chi connectivity index (χ0) is 15.5. The topological polar surface area (TPSA) is 71.1 Å². The van der Waals surface area contributed by atoms with E-state index < -0.39 is 15.6 Å². The molecule has 2 N–H and O–H groups in total. The van der Waals surface area contributed by atoms with Gasteiger partial charge in [0.25, 0.3) is 0 Å². The van der Waals surface area contributed by atoms with E-state index in [1.54, 1.807) is 6.20 Å². The highest BCUT2D eigenvalue weighted by Gasteiger charge is 2.21. The average Bonchev–Trinajstić information content (AvgIpc) is 2.35. The predicted molar refractivity (Wildman–Crippen MR) is 85.5 cm³/mol. The molecule has 1 aromatic carbocycles. The van der Waals surface area contributed by atoms with Crippen molar-refractivity contribution in [3.63, 3.8) is 0 Å². The van der Waals surface area contributed by atoms with Crippen molar-refractivity contribution < 1.29 is 8.42 Å². The van der Waals surface area contributed by atoms with Gasteiger partial charge in [0.05, 0.1) is 6.26 Å². The molecule has 0 saturated heterocycles. The Balaban J connectivity index is 1.96. The molecule has 0 aliphatic heterocycles. The fourth-order valence-electron chi connectivity index (χ4n) is 2.30. The standard InChI is InChI=1S/C15H21N3O2S/c1-15(2,18-21(3,19)20)11-17-9-12-4-5-14-10-16-7-6-13(14)8-12/h4-8,10,17-18H,9,11H2,1-3H3.